The Kier molecular flexibility index (Phi) is 12.4. The predicted octanol–water partition coefficient (Wildman–Crippen LogP) is -3.25. The van der Waals surface area contributed by atoms with Crippen LogP contribution in [0.15, 0.2) is 96.6 Å². The number of hydrogen-bond acceptors (Lipinski definition) is 0. The average Bonchev–Trinajstić information content (AvgIpc) is 3.11. The molecule has 0 radical (unpaired) electrons. The molecule has 2 atom stereocenters. The van der Waals surface area contributed by atoms with Gasteiger partial charge in [-0.25, -0.2) is 11.6 Å². The maximum Gasteiger partial charge on any atom is 4.00 e. The minimum absolute atomic E-state index is 0. The summed E-state index contributed by atoms with van der Waals surface area (Å²) in [6.45, 7) is 9.20. The summed E-state index contributed by atoms with van der Waals surface area (Å²) >= 11 is 0. The van der Waals surface area contributed by atoms with Crippen molar-refractivity contribution < 1.29 is 58.9 Å². The fourth-order valence-corrected chi connectivity index (χ4v) is 12.1. The molecule has 2 aliphatic rings. The van der Waals surface area contributed by atoms with Gasteiger partial charge in [0.25, 0.3) is 0 Å². The zero-order valence-electron chi connectivity index (χ0n) is 21.4. The van der Waals surface area contributed by atoms with Crippen LogP contribution in [0.5, 0.6) is 0 Å². The first-order valence-electron chi connectivity index (χ1n) is 12.0. The summed E-state index contributed by atoms with van der Waals surface area (Å²) < 4.78 is 0. The molecule has 0 bridgehead atoms. The van der Waals surface area contributed by atoms with E-state index in [1.807, 2.05) is 0 Å². The van der Waals surface area contributed by atoms with Crippen LogP contribution >= 0.6 is 0 Å². The molecule has 3 aromatic carbocycles. The van der Waals surface area contributed by atoms with Crippen molar-refractivity contribution in [1.29, 1.82) is 0 Å². The molecule has 2 unspecified atom stereocenters. The Bertz CT molecular complexity index is 1110. The fourth-order valence-electron chi connectivity index (χ4n) is 6.23. The topological polar surface area (TPSA) is 0 Å². The SMILES string of the molecule is Cc1cccc([Si](c2cccc(C)c2)(c2cccc(C)c2)[C-]2C3=CC=CCC3CC2C)c1.[Cl-].[Cl-].[Cl-].[Ti+4]. The van der Waals surface area contributed by atoms with Crippen molar-refractivity contribution in [3.8, 4) is 0 Å². The summed E-state index contributed by atoms with van der Waals surface area (Å²) in [5, 5.41) is 4.56. The summed E-state index contributed by atoms with van der Waals surface area (Å²) in [7, 11) is -2.44. The zero-order chi connectivity index (χ0) is 22.3. The molecule has 0 nitrogen and oxygen atoms in total. The predicted molar refractivity (Wildman–Crippen MR) is 141 cm³/mol. The smallest absolute Gasteiger partial charge is 1.00 e. The molecule has 0 aromatic heterocycles. The second kappa shape index (κ2) is 13.6. The summed E-state index contributed by atoms with van der Waals surface area (Å²) in [5.41, 5.74) is 7.39. The Morgan fingerprint density at radius 1 is 0.722 bits per heavy atom. The van der Waals surface area contributed by atoms with Crippen LogP contribution in [0.4, 0.5) is 0 Å². The second-order valence-electron chi connectivity index (χ2n) is 9.89. The van der Waals surface area contributed by atoms with Crippen LogP contribution in [0.2, 0.25) is 0 Å². The van der Waals surface area contributed by atoms with Crippen LogP contribution in [-0.2, 0) is 21.7 Å². The van der Waals surface area contributed by atoms with Crippen molar-refractivity contribution in [3.05, 3.63) is 119 Å². The number of fused-ring (bicyclic) bond motifs is 1. The molecular formula is C31H33Cl3SiTi. The van der Waals surface area contributed by atoms with Crippen LogP contribution in [0.3, 0.4) is 0 Å². The molecule has 2 aliphatic carbocycles. The van der Waals surface area contributed by atoms with Gasteiger partial charge < -0.3 is 37.2 Å². The van der Waals surface area contributed by atoms with Gasteiger partial charge in [-0.1, -0.05) is 124 Å². The largest absolute Gasteiger partial charge is 4.00 e. The molecule has 0 heterocycles. The van der Waals surface area contributed by atoms with Crippen LogP contribution in [0.25, 0.3) is 0 Å². The maximum absolute atomic E-state index is 2.48. The van der Waals surface area contributed by atoms with Crippen LogP contribution in [0, 0.1) is 38.1 Å². The minimum Gasteiger partial charge on any atom is -1.00 e. The van der Waals surface area contributed by atoms with Crippen molar-refractivity contribution in [2.45, 2.75) is 40.5 Å². The Morgan fingerprint density at radius 2 is 1.17 bits per heavy atom. The Labute approximate surface area is 252 Å². The molecule has 0 N–H and O–H groups in total. The van der Waals surface area contributed by atoms with E-state index in [2.05, 4.69) is 119 Å². The third-order valence-electron chi connectivity index (χ3n) is 7.47. The van der Waals surface area contributed by atoms with Crippen molar-refractivity contribution in [1.82, 2.24) is 0 Å². The number of benzene rings is 3. The van der Waals surface area contributed by atoms with E-state index in [9.17, 15) is 0 Å². The molecule has 0 spiro atoms. The average molecular weight is 588 g/mol. The fraction of sp³-hybridized carbons (Fsp3) is 0.258. The number of aryl methyl sites for hydroxylation is 3. The molecule has 0 amide bonds. The van der Waals surface area contributed by atoms with E-state index >= 15 is 0 Å². The zero-order valence-corrected chi connectivity index (χ0v) is 26.2. The third kappa shape index (κ3) is 5.78. The number of allylic oxidation sites excluding steroid dienone is 4. The first-order chi connectivity index (χ1) is 15.5. The summed E-state index contributed by atoms with van der Waals surface area (Å²) in [4.78, 5) is 0. The van der Waals surface area contributed by atoms with E-state index in [0.29, 0.717) is 11.8 Å². The quantitative estimate of drug-likeness (QED) is 0.171. The van der Waals surface area contributed by atoms with E-state index in [0.717, 1.165) is 0 Å². The molecule has 5 heteroatoms. The van der Waals surface area contributed by atoms with E-state index in [4.69, 9.17) is 0 Å². The van der Waals surface area contributed by atoms with Gasteiger partial charge in [0.05, 0.1) is 8.07 Å². The van der Waals surface area contributed by atoms with Gasteiger partial charge in [-0.15, -0.1) is 12.2 Å². The first-order valence-corrected chi connectivity index (χ1v) is 14.0. The van der Waals surface area contributed by atoms with Crippen molar-refractivity contribution >= 4 is 23.6 Å². The molecular weight excluding hydrogens is 555 g/mol. The van der Waals surface area contributed by atoms with E-state index in [1.54, 1.807) is 11.1 Å². The van der Waals surface area contributed by atoms with E-state index < -0.39 is 8.07 Å². The van der Waals surface area contributed by atoms with Gasteiger partial charge in [-0.05, 0) is 33.1 Å². The molecule has 5 rings (SSSR count). The Balaban J connectivity index is 0.00000162. The first kappa shape index (κ1) is 32.8. The summed E-state index contributed by atoms with van der Waals surface area (Å²) in [6, 6.07) is 28.2. The standard InChI is InChI=1S/C31H33Si.3ClH.Ti/c1-22-10-7-14-27(18-22)32(28-15-8-11-23(2)19-28,29-16-9-12-24(3)20-29)31-25(4)21-26-13-5-6-17-30(26)31;;;;/h5-12,14-20,25-26H,13,21H2,1-4H3;3*1H;/q-1;;;;+4/p-3. The van der Waals surface area contributed by atoms with Crippen molar-refractivity contribution in [2.24, 2.45) is 11.8 Å². The summed E-state index contributed by atoms with van der Waals surface area (Å²) in [5.74, 6) is 1.25. The maximum atomic E-state index is 2.48. The van der Waals surface area contributed by atoms with Gasteiger partial charge in [0, 0.05) is 0 Å². The molecule has 1 saturated carbocycles. The molecule has 36 heavy (non-hydrogen) atoms. The van der Waals surface area contributed by atoms with Gasteiger partial charge >= 0.3 is 21.7 Å². The molecule has 0 aliphatic heterocycles. The summed E-state index contributed by atoms with van der Waals surface area (Å²) in [6.07, 6.45) is 9.55. The Hall–Kier alpha value is -1.19. The second-order valence-corrected chi connectivity index (χ2v) is 13.7. The molecule has 0 saturated heterocycles. The van der Waals surface area contributed by atoms with Crippen LogP contribution in [-0.4, -0.2) is 8.07 Å². The molecule has 3 aromatic rings. The van der Waals surface area contributed by atoms with Gasteiger partial charge in [-0.3, -0.25) is 0 Å². The normalized spacial score (nSPS) is 18.0. The van der Waals surface area contributed by atoms with Gasteiger partial charge in [0.1, 0.15) is 0 Å². The van der Waals surface area contributed by atoms with E-state index in [-0.39, 0.29) is 58.9 Å². The molecule has 186 valence electrons. The van der Waals surface area contributed by atoms with Gasteiger partial charge in [-0.2, -0.15) is 5.54 Å². The van der Waals surface area contributed by atoms with Crippen LogP contribution in [0.1, 0.15) is 36.5 Å². The van der Waals surface area contributed by atoms with Gasteiger partial charge in [0.15, 0.2) is 0 Å². The van der Waals surface area contributed by atoms with Crippen molar-refractivity contribution in [2.75, 3.05) is 0 Å². The van der Waals surface area contributed by atoms with Crippen LogP contribution < -0.4 is 52.8 Å². The number of halogens is 3. The monoisotopic (exact) mass is 586 g/mol. The minimum atomic E-state index is -2.44. The number of hydrogen-bond donors (Lipinski definition) is 0. The third-order valence-corrected chi connectivity index (χ3v) is 12.6. The number of rotatable bonds is 4. The molecule has 1 fully saturated rings. The van der Waals surface area contributed by atoms with E-state index in [1.165, 1.54) is 45.1 Å². The van der Waals surface area contributed by atoms with Gasteiger partial charge in [0.2, 0.25) is 0 Å². The van der Waals surface area contributed by atoms with Crippen molar-refractivity contribution in [3.63, 3.8) is 0 Å². The Morgan fingerprint density at radius 3 is 1.58 bits per heavy atom.